The number of nitrogens with zero attached hydrogens (tertiary/aromatic N) is 1. The molecule has 10 nitrogen and oxygen atoms in total. The second-order valence-corrected chi connectivity index (χ2v) is 5.58. The van der Waals surface area contributed by atoms with Crippen LogP contribution in [0.1, 0.15) is 17.3 Å². The Bertz CT molecular complexity index is 840. The predicted molar refractivity (Wildman–Crippen MR) is 103 cm³/mol. The van der Waals surface area contributed by atoms with E-state index >= 15 is 0 Å². The zero-order valence-electron chi connectivity index (χ0n) is 15.8. The van der Waals surface area contributed by atoms with Gasteiger partial charge in [-0.15, -0.1) is 0 Å². The van der Waals surface area contributed by atoms with Gasteiger partial charge in [-0.1, -0.05) is 12.1 Å². The minimum absolute atomic E-state index is 0.0868. The lowest BCUT2D eigenvalue weighted by atomic mass is 10.2. The first-order valence-corrected chi connectivity index (χ1v) is 8.77. The molecule has 0 aromatic heterocycles. The number of benzene rings is 2. The molecule has 0 aliphatic rings. The van der Waals surface area contributed by atoms with Crippen molar-refractivity contribution in [1.82, 2.24) is 10.9 Å². The minimum Gasteiger partial charge on any atom is -0.490 e. The van der Waals surface area contributed by atoms with E-state index in [9.17, 15) is 19.7 Å². The first-order chi connectivity index (χ1) is 14.0. The van der Waals surface area contributed by atoms with E-state index in [2.05, 4.69) is 10.9 Å². The number of nitrogens with one attached hydrogen (secondary N) is 2. The molecule has 0 radical (unpaired) electrons. The average molecular weight is 403 g/mol. The quantitative estimate of drug-likeness (QED) is 0.352. The van der Waals surface area contributed by atoms with E-state index in [-0.39, 0.29) is 30.2 Å². The van der Waals surface area contributed by atoms with Gasteiger partial charge in [-0.05, 0) is 31.2 Å². The molecule has 2 rings (SSSR count). The van der Waals surface area contributed by atoms with Gasteiger partial charge in [0.15, 0.2) is 6.61 Å². The second kappa shape index (κ2) is 11.2. The number of hydrazine groups is 1. The Balaban J connectivity index is 1.81. The van der Waals surface area contributed by atoms with Crippen molar-refractivity contribution < 1.29 is 28.7 Å². The molecule has 0 fully saturated rings. The van der Waals surface area contributed by atoms with Crippen LogP contribution in [0.5, 0.6) is 11.5 Å². The van der Waals surface area contributed by atoms with Crippen molar-refractivity contribution in [2.75, 3.05) is 26.4 Å². The zero-order valence-corrected chi connectivity index (χ0v) is 15.8. The number of non-ortho nitro benzene ring substituents is 1. The fraction of sp³-hybridized carbons (Fsp3) is 0.263. The highest BCUT2D eigenvalue weighted by molar-refractivity contribution is 5.97. The average Bonchev–Trinajstić information content (AvgIpc) is 2.74. The standard InChI is InChI=1S/C19H21N3O7/c1-2-27-11-12-28-17-6-4-3-5-16(17)19(24)21-20-18(23)13-29-15-9-7-14(8-10-15)22(25)26/h3-10H,2,11-13H2,1H3,(H,20,23)(H,21,24). The number of hydrogen-bond donors (Lipinski definition) is 2. The number of nitro groups is 1. The van der Waals surface area contributed by atoms with Crippen LogP contribution in [0.2, 0.25) is 0 Å². The summed E-state index contributed by atoms with van der Waals surface area (Å²) in [7, 11) is 0. The smallest absolute Gasteiger partial charge is 0.276 e. The Morgan fingerprint density at radius 2 is 1.72 bits per heavy atom. The highest BCUT2D eigenvalue weighted by atomic mass is 16.6. The van der Waals surface area contributed by atoms with Crippen LogP contribution in [0.4, 0.5) is 5.69 Å². The molecule has 0 spiro atoms. The summed E-state index contributed by atoms with van der Waals surface area (Å²) in [5.41, 5.74) is 4.68. The van der Waals surface area contributed by atoms with E-state index in [4.69, 9.17) is 14.2 Å². The highest BCUT2D eigenvalue weighted by Gasteiger charge is 2.13. The lowest BCUT2D eigenvalue weighted by Gasteiger charge is -2.12. The third-order valence-electron chi connectivity index (χ3n) is 3.55. The topological polar surface area (TPSA) is 129 Å². The van der Waals surface area contributed by atoms with E-state index in [0.717, 1.165) is 0 Å². The maximum Gasteiger partial charge on any atom is 0.276 e. The summed E-state index contributed by atoms with van der Waals surface area (Å²) in [4.78, 5) is 34.2. The van der Waals surface area contributed by atoms with Crippen molar-refractivity contribution in [3.05, 3.63) is 64.2 Å². The van der Waals surface area contributed by atoms with Crippen LogP contribution in [-0.4, -0.2) is 43.2 Å². The molecule has 0 bridgehead atoms. The van der Waals surface area contributed by atoms with Crippen LogP contribution in [0.25, 0.3) is 0 Å². The van der Waals surface area contributed by atoms with Gasteiger partial charge < -0.3 is 14.2 Å². The molecule has 29 heavy (non-hydrogen) atoms. The molecule has 2 amide bonds. The summed E-state index contributed by atoms with van der Waals surface area (Å²) >= 11 is 0. The molecule has 2 aromatic carbocycles. The van der Waals surface area contributed by atoms with Crippen LogP contribution in [-0.2, 0) is 9.53 Å². The minimum atomic E-state index is -0.605. The zero-order chi connectivity index (χ0) is 21.1. The van der Waals surface area contributed by atoms with Gasteiger partial charge in [0.2, 0.25) is 0 Å². The van der Waals surface area contributed by atoms with Gasteiger partial charge in [-0.25, -0.2) is 0 Å². The molecule has 0 aliphatic carbocycles. The molecule has 0 aliphatic heterocycles. The monoisotopic (exact) mass is 403 g/mol. The molecular formula is C19H21N3O7. The van der Waals surface area contributed by atoms with Crippen molar-refractivity contribution in [1.29, 1.82) is 0 Å². The van der Waals surface area contributed by atoms with Gasteiger partial charge in [-0.2, -0.15) is 0 Å². The molecule has 2 aromatic rings. The van der Waals surface area contributed by atoms with Crippen molar-refractivity contribution in [2.24, 2.45) is 0 Å². The summed E-state index contributed by atoms with van der Waals surface area (Å²) in [6.07, 6.45) is 0. The van der Waals surface area contributed by atoms with Gasteiger partial charge in [0.25, 0.3) is 17.5 Å². The van der Waals surface area contributed by atoms with Crippen molar-refractivity contribution in [3.63, 3.8) is 0 Å². The molecule has 0 atom stereocenters. The SMILES string of the molecule is CCOCCOc1ccccc1C(=O)NNC(=O)COc1ccc([N+](=O)[O-])cc1. The molecule has 0 saturated carbocycles. The van der Waals surface area contributed by atoms with Crippen LogP contribution in [0.3, 0.4) is 0 Å². The number of ether oxygens (including phenoxy) is 3. The molecule has 0 unspecified atom stereocenters. The summed E-state index contributed by atoms with van der Waals surface area (Å²) < 4.78 is 15.9. The third-order valence-corrected chi connectivity index (χ3v) is 3.55. The van der Waals surface area contributed by atoms with E-state index in [1.165, 1.54) is 24.3 Å². The van der Waals surface area contributed by atoms with E-state index < -0.39 is 16.7 Å². The second-order valence-electron chi connectivity index (χ2n) is 5.58. The van der Waals surface area contributed by atoms with Gasteiger partial charge in [0.1, 0.15) is 18.1 Å². The Morgan fingerprint density at radius 3 is 2.41 bits per heavy atom. The van der Waals surface area contributed by atoms with Crippen LogP contribution < -0.4 is 20.3 Å². The maximum absolute atomic E-state index is 12.3. The summed E-state index contributed by atoms with van der Waals surface area (Å²) in [5, 5.41) is 10.6. The van der Waals surface area contributed by atoms with Crippen molar-refractivity contribution in [2.45, 2.75) is 6.92 Å². The molecule has 2 N–H and O–H groups in total. The highest BCUT2D eigenvalue weighted by Crippen LogP contribution is 2.18. The van der Waals surface area contributed by atoms with E-state index in [0.29, 0.717) is 19.0 Å². The van der Waals surface area contributed by atoms with Gasteiger partial charge in [0, 0.05) is 18.7 Å². The predicted octanol–water partition coefficient (Wildman–Crippen LogP) is 1.85. The van der Waals surface area contributed by atoms with E-state index in [1.54, 1.807) is 24.3 Å². The number of carbonyl (C=O) groups is 2. The van der Waals surface area contributed by atoms with Gasteiger partial charge in [0.05, 0.1) is 17.1 Å². The summed E-state index contributed by atoms with van der Waals surface area (Å²) in [5.74, 6) is -0.515. The Morgan fingerprint density at radius 1 is 1.00 bits per heavy atom. The first kappa shape index (κ1) is 21.6. The number of para-hydroxylation sites is 1. The molecule has 0 heterocycles. The normalized spacial score (nSPS) is 10.1. The molecule has 10 heteroatoms. The number of rotatable bonds is 10. The number of carbonyl (C=O) groups excluding carboxylic acids is 2. The lowest BCUT2D eigenvalue weighted by Crippen LogP contribution is -2.43. The maximum atomic E-state index is 12.3. The van der Waals surface area contributed by atoms with Crippen LogP contribution >= 0.6 is 0 Å². The molecule has 0 saturated heterocycles. The van der Waals surface area contributed by atoms with Gasteiger partial charge in [-0.3, -0.25) is 30.6 Å². The Kier molecular flexibility index (Phi) is 8.39. The van der Waals surface area contributed by atoms with Crippen molar-refractivity contribution >= 4 is 17.5 Å². The lowest BCUT2D eigenvalue weighted by molar-refractivity contribution is -0.384. The third kappa shape index (κ3) is 7.11. The van der Waals surface area contributed by atoms with Crippen LogP contribution in [0.15, 0.2) is 48.5 Å². The first-order valence-electron chi connectivity index (χ1n) is 8.77. The number of amides is 2. The molecule has 154 valence electrons. The fourth-order valence-electron chi connectivity index (χ4n) is 2.18. The Hall–Kier alpha value is -3.66. The summed E-state index contributed by atoms with van der Waals surface area (Å²) in [6, 6.07) is 11.9. The Labute approximate surface area is 166 Å². The number of hydrogen-bond acceptors (Lipinski definition) is 7. The van der Waals surface area contributed by atoms with Gasteiger partial charge >= 0.3 is 0 Å². The fourth-order valence-corrected chi connectivity index (χ4v) is 2.18. The number of nitro benzene ring substituents is 1. The van der Waals surface area contributed by atoms with E-state index in [1.807, 2.05) is 6.92 Å². The van der Waals surface area contributed by atoms with Crippen LogP contribution in [0, 0.1) is 10.1 Å². The summed E-state index contributed by atoms with van der Waals surface area (Å²) in [6.45, 7) is 2.73. The largest absolute Gasteiger partial charge is 0.490 e. The molecular weight excluding hydrogens is 382 g/mol. The van der Waals surface area contributed by atoms with Crippen molar-refractivity contribution in [3.8, 4) is 11.5 Å².